The zero-order valence-electron chi connectivity index (χ0n) is 11.8. The molecule has 1 amide bonds. The van der Waals surface area contributed by atoms with Crippen LogP contribution in [0, 0.1) is 5.92 Å². The Labute approximate surface area is 120 Å². The highest BCUT2D eigenvalue weighted by Crippen LogP contribution is 2.37. The van der Waals surface area contributed by atoms with Gasteiger partial charge in [-0.05, 0) is 24.6 Å². The van der Waals surface area contributed by atoms with Gasteiger partial charge in [0.1, 0.15) is 0 Å². The van der Waals surface area contributed by atoms with Gasteiger partial charge >= 0.3 is 6.18 Å². The molecule has 1 aromatic rings. The summed E-state index contributed by atoms with van der Waals surface area (Å²) in [4.78, 5) is 13.5. The Hall–Kier alpha value is -1.76. The summed E-state index contributed by atoms with van der Waals surface area (Å²) < 4.78 is 44.4. The molecule has 4 nitrogen and oxygen atoms in total. The maximum absolute atomic E-state index is 13.1. The molecule has 1 N–H and O–H groups in total. The predicted molar refractivity (Wildman–Crippen MR) is 73.3 cm³/mol. The number of halogens is 3. The summed E-state index contributed by atoms with van der Waals surface area (Å²) in [6, 6.07) is 3.85. The summed E-state index contributed by atoms with van der Waals surface area (Å²) >= 11 is 0. The fourth-order valence-corrected chi connectivity index (χ4v) is 2.13. The van der Waals surface area contributed by atoms with E-state index >= 15 is 0 Å². The number of rotatable bonds is 3. The van der Waals surface area contributed by atoms with Crippen LogP contribution in [0.2, 0.25) is 0 Å². The second-order valence-electron chi connectivity index (χ2n) is 5.17. The monoisotopic (exact) mass is 302 g/mol. The zero-order valence-corrected chi connectivity index (χ0v) is 11.8. The summed E-state index contributed by atoms with van der Waals surface area (Å²) in [7, 11) is 3.31. The molecule has 0 aliphatic carbocycles. The number of hydrogen-bond acceptors (Lipinski definition) is 3. The van der Waals surface area contributed by atoms with Crippen molar-refractivity contribution < 1.29 is 22.7 Å². The molecule has 1 aliphatic rings. The zero-order chi connectivity index (χ0) is 15.6. The van der Waals surface area contributed by atoms with Crippen molar-refractivity contribution in [2.24, 2.45) is 5.92 Å². The average Bonchev–Trinajstić information content (AvgIpc) is 2.91. The number of amides is 1. The van der Waals surface area contributed by atoms with Crippen molar-refractivity contribution >= 4 is 17.3 Å². The molecule has 1 aliphatic heterocycles. The normalized spacial score (nSPS) is 18.6. The molecular weight excluding hydrogens is 285 g/mol. The summed E-state index contributed by atoms with van der Waals surface area (Å²) in [6.07, 6.45) is -4.00. The van der Waals surface area contributed by atoms with Gasteiger partial charge in [-0.25, -0.2) is 0 Å². The lowest BCUT2D eigenvalue weighted by molar-refractivity contribution is -0.137. The second-order valence-corrected chi connectivity index (χ2v) is 5.17. The fraction of sp³-hybridized carbons (Fsp3) is 0.500. The van der Waals surface area contributed by atoms with E-state index in [1.54, 1.807) is 19.0 Å². The van der Waals surface area contributed by atoms with E-state index in [0.717, 1.165) is 6.07 Å². The number of carbonyl (C=O) groups excluding carboxylic acids is 1. The van der Waals surface area contributed by atoms with Gasteiger partial charge in [-0.1, -0.05) is 0 Å². The van der Waals surface area contributed by atoms with Crippen LogP contribution in [0.4, 0.5) is 24.5 Å². The molecule has 0 radical (unpaired) electrons. The lowest BCUT2D eigenvalue weighted by Crippen LogP contribution is -2.24. The van der Waals surface area contributed by atoms with Crippen molar-refractivity contribution in [3.05, 3.63) is 23.8 Å². The van der Waals surface area contributed by atoms with Crippen molar-refractivity contribution in [1.29, 1.82) is 0 Å². The Kier molecular flexibility index (Phi) is 4.41. The maximum Gasteiger partial charge on any atom is 0.418 e. The Morgan fingerprint density at radius 3 is 2.62 bits per heavy atom. The molecule has 1 aromatic carbocycles. The molecule has 1 heterocycles. The highest BCUT2D eigenvalue weighted by Gasteiger charge is 2.35. The van der Waals surface area contributed by atoms with Crippen LogP contribution >= 0.6 is 0 Å². The van der Waals surface area contributed by atoms with Gasteiger partial charge in [-0.3, -0.25) is 4.79 Å². The Bertz CT molecular complexity index is 523. The molecular formula is C14H17F3N2O2. The van der Waals surface area contributed by atoms with Crippen molar-refractivity contribution in [3.8, 4) is 0 Å². The molecule has 21 heavy (non-hydrogen) atoms. The summed E-state index contributed by atoms with van der Waals surface area (Å²) in [5.41, 5.74) is -0.643. The van der Waals surface area contributed by atoms with Crippen LogP contribution in [0.3, 0.4) is 0 Å². The van der Waals surface area contributed by atoms with Crippen LogP contribution in [-0.4, -0.2) is 33.2 Å². The number of carbonyl (C=O) groups is 1. The standard InChI is InChI=1S/C14H17F3N2O2/c1-19(2)10-3-4-12(11(7-10)14(15,16)17)18-13(20)9-5-6-21-8-9/h3-4,7,9H,5-6,8H2,1-2H3,(H,18,20)/t9-/m1/s1. The highest BCUT2D eigenvalue weighted by atomic mass is 19.4. The van der Waals surface area contributed by atoms with Crippen LogP contribution in [0.5, 0.6) is 0 Å². The molecule has 0 saturated carbocycles. The Morgan fingerprint density at radius 2 is 2.10 bits per heavy atom. The summed E-state index contributed by atoms with van der Waals surface area (Å²) in [5.74, 6) is -0.824. The topological polar surface area (TPSA) is 41.6 Å². The number of ether oxygens (including phenoxy) is 1. The quantitative estimate of drug-likeness (QED) is 0.933. The lowest BCUT2D eigenvalue weighted by Gasteiger charge is -2.19. The Morgan fingerprint density at radius 1 is 1.38 bits per heavy atom. The molecule has 0 bridgehead atoms. The third kappa shape index (κ3) is 3.66. The number of benzene rings is 1. The molecule has 2 rings (SSSR count). The molecule has 1 saturated heterocycles. The van der Waals surface area contributed by atoms with Crippen LogP contribution in [-0.2, 0) is 15.7 Å². The van der Waals surface area contributed by atoms with Crippen LogP contribution < -0.4 is 10.2 Å². The first-order chi connectivity index (χ1) is 9.79. The number of nitrogens with one attached hydrogen (secondary N) is 1. The van der Waals surface area contributed by atoms with Crippen molar-refractivity contribution in [3.63, 3.8) is 0 Å². The van der Waals surface area contributed by atoms with Crippen molar-refractivity contribution in [1.82, 2.24) is 0 Å². The predicted octanol–water partition coefficient (Wildman–Crippen LogP) is 2.75. The van der Waals surface area contributed by atoms with E-state index in [-0.39, 0.29) is 18.2 Å². The lowest BCUT2D eigenvalue weighted by atomic mass is 10.1. The van der Waals surface area contributed by atoms with Gasteiger partial charge in [-0.15, -0.1) is 0 Å². The van der Waals surface area contributed by atoms with Crippen molar-refractivity contribution in [2.45, 2.75) is 12.6 Å². The Balaban J connectivity index is 2.27. The molecule has 1 atom stereocenters. The number of hydrogen-bond donors (Lipinski definition) is 1. The third-order valence-electron chi connectivity index (χ3n) is 3.38. The van der Waals surface area contributed by atoms with Gasteiger partial charge < -0.3 is 15.0 Å². The van der Waals surface area contributed by atoms with E-state index in [9.17, 15) is 18.0 Å². The molecule has 7 heteroatoms. The molecule has 1 fully saturated rings. The van der Waals surface area contributed by atoms with E-state index in [2.05, 4.69) is 5.32 Å². The first kappa shape index (κ1) is 15.6. The summed E-state index contributed by atoms with van der Waals surface area (Å²) in [5, 5.41) is 2.37. The van der Waals surface area contributed by atoms with E-state index < -0.39 is 17.6 Å². The van der Waals surface area contributed by atoms with Gasteiger partial charge in [0.2, 0.25) is 5.91 Å². The molecule has 0 spiro atoms. The fourth-order valence-electron chi connectivity index (χ4n) is 2.13. The van der Waals surface area contributed by atoms with Gasteiger partial charge in [0, 0.05) is 26.4 Å². The third-order valence-corrected chi connectivity index (χ3v) is 3.38. The maximum atomic E-state index is 13.1. The van der Waals surface area contributed by atoms with Gasteiger partial charge in [0.15, 0.2) is 0 Å². The van der Waals surface area contributed by atoms with Gasteiger partial charge in [0.05, 0.1) is 23.8 Å². The number of alkyl halides is 3. The summed E-state index contributed by atoms with van der Waals surface area (Å²) in [6.45, 7) is 0.715. The van der Waals surface area contributed by atoms with E-state index in [1.165, 1.54) is 12.1 Å². The SMILES string of the molecule is CN(C)c1ccc(NC(=O)[C@@H]2CCOC2)c(C(F)(F)F)c1. The van der Waals surface area contributed by atoms with Crippen LogP contribution in [0.15, 0.2) is 18.2 Å². The van der Waals surface area contributed by atoms with E-state index in [4.69, 9.17) is 4.74 Å². The van der Waals surface area contributed by atoms with Gasteiger partial charge in [0.25, 0.3) is 0 Å². The second kappa shape index (κ2) is 5.93. The van der Waals surface area contributed by atoms with Crippen LogP contribution in [0.25, 0.3) is 0 Å². The molecule has 0 aromatic heterocycles. The first-order valence-electron chi connectivity index (χ1n) is 6.56. The average molecular weight is 302 g/mol. The van der Waals surface area contributed by atoms with Crippen LogP contribution in [0.1, 0.15) is 12.0 Å². The highest BCUT2D eigenvalue weighted by molar-refractivity contribution is 5.93. The minimum atomic E-state index is -4.53. The molecule has 0 unspecified atom stereocenters. The minimum Gasteiger partial charge on any atom is -0.381 e. The number of anilines is 2. The van der Waals surface area contributed by atoms with E-state index in [1.807, 2.05) is 0 Å². The van der Waals surface area contributed by atoms with Gasteiger partial charge in [-0.2, -0.15) is 13.2 Å². The van der Waals surface area contributed by atoms with Crippen molar-refractivity contribution in [2.75, 3.05) is 37.5 Å². The first-order valence-corrected chi connectivity index (χ1v) is 6.56. The molecule has 116 valence electrons. The smallest absolute Gasteiger partial charge is 0.381 e. The van der Waals surface area contributed by atoms with E-state index in [0.29, 0.717) is 18.7 Å². The minimum absolute atomic E-state index is 0.218. The largest absolute Gasteiger partial charge is 0.418 e. The number of nitrogens with zero attached hydrogens (tertiary/aromatic N) is 1.